The lowest BCUT2D eigenvalue weighted by molar-refractivity contribution is -0.0486. The normalized spacial score (nSPS) is 21.3. The predicted octanol–water partition coefficient (Wildman–Crippen LogP) is 3.48. The Morgan fingerprint density at radius 3 is 2.91 bits per heavy atom. The molecule has 6 heteroatoms. The Labute approximate surface area is 138 Å². The molecular weight excluding hydrogens is 319 g/mol. The van der Waals surface area contributed by atoms with Crippen molar-refractivity contribution >= 4 is 17.5 Å². The van der Waals surface area contributed by atoms with Crippen LogP contribution in [0.25, 0.3) is 0 Å². The summed E-state index contributed by atoms with van der Waals surface area (Å²) in [7, 11) is 0. The molecule has 1 amide bonds. The van der Waals surface area contributed by atoms with E-state index in [-0.39, 0.29) is 23.6 Å². The summed E-state index contributed by atoms with van der Waals surface area (Å²) in [5.74, 6) is -0.788. The maximum Gasteiger partial charge on any atom is 0.255 e. The summed E-state index contributed by atoms with van der Waals surface area (Å²) in [6.45, 7) is 2.65. The third kappa shape index (κ3) is 3.35. The highest BCUT2D eigenvalue weighted by molar-refractivity contribution is 6.31. The molecule has 1 aliphatic rings. The second kappa shape index (κ2) is 6.64. The minimum absolute atomic E-state index is 0.107. The van der Waals surface area contributed by atoms with E-state index in [1.807, 2.05) is 25.1 Å². The highest BCUT2D eigenvalue weighted by Gasteiger charge is 2.32. The molecule has 3 rings (SSSR count). The van der Waals surface area contributed by atoms with Gasteiger partial charge >= 0.3 is 0 Å². The van der Waals surface area contributed by atoms with Gasteiger partial charge in [-0.15, -0.1) is 0 Å². The molecule has 0 aliphatic carbocycles. The van der Waals surface area contributed by atoms with Crippen LogP contribution in [0.15, 0.2) is 42.7 Å². The SMILES string of the molecule is CC1COC(c2ccccc2Cl)CN1C(=O)c1cncc(F)c1. The van der Waals surface area contributed by atoms with Gasteiger partial charge in [-0.25, -0.2) is 4.39 Å². The summed E-state index contributed by atoms with van der Waals surface area (Å²) in [6.07, 6.45) is 2.15. The topological polar surface area (TPSA) is 42.4 Å². The number of amides is 1. The summed E-state index contributed by atoms with van der Waals surface area (Å²) >= 11 is 6.22. The van der Waals surface area contributed by atoms with E-state index in [1.54, 1.807) is 11.0 Å². The smallest absolute Gasteiger partial charge is 0.255 e. The summed E-state index contributed by atoms with van der Waals surface area (Å²) in [5.41, 5.74) is 1.08. The predicted molar refractivity (Wildman–Crippen MR) is 84.8 cm³/mol. The molecule has 0 saturated carbocycles. The molecule has 2 aromatic rings. The zero-order valence-electron chi connectivity index (χ0n) is 12.6. The lowest BCUT2D eigenvalue weighted by Crippen LogP contribution is -2.48. The fraction of sp³-hybridized carbons (Fsp3) is 0.294. The molecule has 1 aromatic carbocycles. The fourth-order valence-electron chi connectivity index (χ4n) is 2.66. The van der Waals surface area contributed by atoms with Gasteiger partial charge in [0.2, 0.25) is 0 Å². The Hall–Kier alpha value is -1.98. The molecule has 0 N–H and O–H groups in total. The average molecular weight is 335 g/mol. The number of ether oxygens (including phenoxy) is 1. The van der Waals surface area contributed by atoms with Crippen molar-refractivity contribution in [2.75, 3.05) is 13.2 Å². The first kappa shape index (κ1) is 15.9. The van der Waals surface area contributed by atoms with Gasteiger partial charge in [-0.2, -0.15) is 0 Å². The Bertz CT molecular complexity index is 725. The van der Waals surface area contributed by atoms with Crippen molar-refractivity contribution in [1.82, 2.24) is 9.88 Å². The molecule has 4 nitrogen and oxygen atoms in total. The summed E-state index contributed by atoms with van der Waals surface area (Å²) in [5, 5.41) is 0.604. The average Bonchev–Trinajstić information content (AvgIpc) is 2.55. The van der Waals surface area contributed by atoms with E-state index in [0.717, 1.165) is 11.8 Å². The maximum atomic E-state index is 13.3. The number of benzene rings is 1. The van der Waals surface area contributed by atoms with Crippen LogP contribution in [-0.2, 0) is 4.74 Å². The van der Waals surface area contributed by atoms with E-state index in [9.17, 15) is 9.18 Å². The summed E-state index contributed by atoms with van der Waals surface area (Å²) in [4.78, 5) is 18.1. The van der Waals surface area contributed by atoms with Crippen molar-refractivity contribution in [3.8, 4) is 0 Å². The van der Waals surface area contributed by atoms with Crippen LogP contribution >= 0.6 is 11.6 Å². The molecule has 1 aliphatic heterocycles. The largest absolute Gasteiger partial charge is 0.369 e. The van der Waals surface area contributed by atoms with Gasteiger partial charge in [-0.1, -0.05) is 29.8 Å². The first-order valence-electron chi connectivity index (χ1n) is 7.34. The molecule has 23 heavy (non-hydrogen) atoms. The van der Waals surface area contributed by atoms with Gasteiger partial charge < -0.3 is 9.64 Å². The molecule has 0 radical (unpaired) electrons. The van der Waals surface area contributed by atoms with Crippen molar-refractivity contribution < 1.29 is 13.9 Å². The van der Waals surface area contributed by atoms with Crippen LogP contribution < -0.4 is 0 Å². The quantitative estimate of drug-likeness (QED) is 0.844. The van der Waals surface area contributed by atoms with Crippen molar-refractivity contribution in [2.24, 2.45) is 0 Å². The standard InChI is InChI=1S/C17H16ClFN2O2/c1-11-10-23-16(14-4-2-3-5-15(14)18)9-21(11)17(22)12-6-13(19)8-20-7-12/h2-8,11,16H,9-10H2,1H3. The zero-order chi connectivity index (χ0) is 16.4. The Balaban J connectivity index is 1.84. The number of hydrogen-bond acceptors (Lipinski definition) is 3. The lowest BCUT2D eigenvalue weighted by atomic mass is 10.0. The van der Waals surface area contributed by atoms with Crippen molar-refractivity contribution in [2.45, 2.75) is 19.1 Å². The number of halogens is 2. The van der Waals surface area contributed by atoms with Crippen molar-refractivity contribution in [1.29, 1.82) is 0 Å². The second-order valence-corrected chi connectivity index (χ2v) is 5.95. The number of carbonyl (C=O) groups is 1. The van der Waals surface area contributed by atoms with E-state index in [1.165, 1.54) is 12.3 Å². The summed E-state index contributed by atoms with van der Waals surface area (Å²) < 4.78 is 19.1. The van der Waals surface area contributed by atoms with Crippen molar-refractivity contribution in [3.05, 3.63) is 64.7 Å². The molecule has 0 bridgehead atoms. The lowest BCUT2D eigenvalue weighted by Gasteiger charge is -2.38. The van der Waals surface area contributed by atoms with Gasteiger partial charge in [0.1, 0.15) is 11.9 Å². The monoisotopic (exact) mass is 334 g/mol. The number of hydrogen-bond donors (Lipinski definition) is 0. The molecule has 1 fully saturated rings. The highest BCUT2D eigenvalue weighted by Crippen LogP contribution is 2.30. The zero-order valence-corrected chi connectivity index (χ0v) is 13.3. The molecule has 0 spiro atoms. The van der Waals surface area contributed by atoms with Crippen LogP contribution in [0.2, 0.25) is 5.02 Å². The van der Waals surface area contributed by atoms with Gasteiger partial charge in [0.05, 0.1) is 31.0 Å². The van der Waals surface area contributed by atoms with Crippen LogP contribution in [0.1, 0.15) is 28.9 Å². The van der Waals surface area contributed by atoms with E-state index in [2.05, 4.69) is 4.98 Å². The van der Waals surface area contributed by atoms with Crippen LogP contribution in [0.3, 0.4) is 0 Å². The number of morpholine rings is 1. The third-order valence-corrected chi connectivity index (χ3v) is 4.24. The highest BCUT2D eigenvalue weighted by atomic mass is 35.5. The van der Waals surface area contributed by atoms with E-state index >= 15 is 0 Å². The molecule has 2 heterocycles. The first-order valence-corrected chi connectivity index (χ1v) is 7.71. The minimum Gasteiger partial charge on any atom is -0.369 e. The Morgan fingerprint density at radius 1 is 1.39 bits per heavy atom. The maximum absolute atomic E-state index is 13.3. The van der Waals surface area contributed by atoms with Gasteiger partial charge in [-0.3, -0.25) is 9.78 Å². The van der Waals surface area contributed by atoms with E-state index < -0.39 is 5.82 Å². The number of pyridine rings is 1. The van der Waals surface area contributed by atoms with Crippen molar-refractivity contribution in [3.63, 3.8) is 0 Å². The van der Waals surface area contributed by atoms with Crippen LogP contribution in [-0.4, -0.2) is 35.0 Å². The van der Waals surface area contributed by atoms with Gasteiger partial charge in [0, 0.05) is 16.8 Å². The fourth-order valence-corrected chi connectivity index (χ4v) is 2.92. The number of rotatable bonds is 2. The molecule has 2 atom stereocenters. The number of nitrogens with zero attached hydrogens (tertiary/aromatic N) is 2. The Morgan fingerprint density at radius 2 is 2.17 bits per heavy atom. The molecule has 1 saturated heterocycles. The first-order chi connectivity index (χ1) is 11.1. The summed E-state index contributed by atoms with van der Waals surface area (Å²) in [6, 6.07) is 8.49. The third-order valence-electron chi connectivity index (χ3n) is 3.90. The van der Waals surface area contributed by atoms with Gasteiger partial charge in [-0.05, 0) is 19.1 Å². The Kier molecular flexibility index (Phi) is 4.59. The molecule has 1 aromatic heterocycles. The van der Waals surface area contributed by atoms with Crippen LogP contribution in [0.4, 0.5) is 4.39 Å². The molecular formula is C17H16ClFN2O2. The molecule has 2 unspecified atom stereocenters. The van der Waals surface area contributed by atoms with Crippen LogP contribution in [0, 0.1) is 5.82 Å². The van der Waals surface area contributed by atoms with E-state index in [0.29, 0.717) is 18.2 Å². The number of aromatic nitrogens is 1. The van der Waals surface area contributed by atoms with Crippen LogP contribution in [0.5, 0.6) is 0 Å². The van der Waals surface area contributed by atoms with Gasteiger partial charge in [0.15, 0.2) is 0 Å². The minimum atomic E-state index is -0.528. The second-order valence-electron chi connectivity index (χ2n) is 5.54. The van der Waals surface area contributed by atoms with Gasteiger partial charge in [0.25, 0.3) is 5.91 Å². The van der Waals surface area contributed by atoms with E-state index in [4.69, 9.17) is 16.3 Å². The number of carbonyl (C=O) groups excluding carboxylic acids is 1. The molecule has 120 valence electrons.